The molecule has 178 valence electrons. The van der Waals surface area contributed by atoms with E-state index in [2.05, 4.69) is 108 Å². The smallest absolute Gasteiger partial charge is 0.0544 e. The molecule has 2 rings (SSSR count). The molecule has 0 unspecified atom stereocenters. The van der Waals surface area contributed by atoms with Crippen LogP contribution in [0.2, 0.25) is 0 Å². The minimum atomic E-state index is -0.0194. The second kappa shape index (κ2) is 10.0. The summed E-state index contributed by atoms with van der Waals surface area (Å²) in [6.45, 7) is 25.7. The second-order valence-corrected chi connectivity index (χ2v) is 12.7. The Bertz CT molecular complexity index is 820. The summed E-state index contributed by atoms with van der Waals surface area (Å²) in [7, 11) is 0. The molecule has 0 aliphatic carbocycles. The molecule has 0 aliphatic heterocycles. The van der Waals surface area contributed by atoms with Crippen LogP contribution in [0.1, 0.15) is 93.5 Å². The van der Waals surface area contributed by atoms with Gasteiger partial charge in [-0.05, 0) is 67.7 Å². The molecule has 3 nitrogen and oxygen atoms in total. The topological polar surface area (TPSA) is 29.0 Å². The first-order valence-electron chi connectivity index (χ1n) is 12.2. The van der Waals surface area contributed by atoms with Crippen molar-refractivity contribution in [3.05, 3.63) is 60.2 Å². The van der Waals surface area contributed by atoms with Crippen LogP contribution in [0.5, 0.6) is 0 Å². The summed E-state index contributed by atoms with van der Waals surface area (Å²) in [6.07, 6.45) is 6.03. The lowest BCUT2D eigenvalue weighted by atomic mass is 9.68. The van der Waals surface area contributed by atoms with E-state index in [9.17, 15) is 0 Å². The van der Waals surface area contributed by atoms with E-state index in [-0.39, 0.29) is 16.4 Å². The molecular formula is C29H47N3. The number of nitrogens with zero attached hydrogens (tertiary/aromatic N) is 3. The molecular weight excluding hydrogens is 390 g/mol. The highest BCUT2D eigenvalue weighted by Gasteiger charge is 2.39. The minimum absolute atomic E-state index is 0.0161. The van der Waals surface area contributed by atoms with Gasteiger partial charge in [0, 0.05) is 42.1 Å². The van der Waals surface area contributed by atoms with E-state index in [0.29, 0.717) is 11.3 Å². The third kappa shape index (κ3) is 7.40. The molecule has 0 bridgehead atoms. The fraction of sp³-hybridized carbons (Fsp3) is 0.655. The van der Waals surface area contributed by atoms with E-state index in [1.165, 1.54) is 6.42 Å². The van der Waals surface area contributed by atoms with Crippen LogP contribution in [0.25, 0.3) is 0 Å². The largest absolute Gasteiger partial charge is 0.292 e. The lowest BCUT2D eigenvalue weighted by Crippen LogP contribution is -2.51. The summed E-state index contributed by atoms with van der Waals surface area (Å²) >= 11 is 0. The van der Waals surface area contributed by atoms with Crippen molar-refractivity contribution < 1.29 is 0 Å². The summed E-state index contributed by atoms with van der Waals surface area (Å²) in [6, 6.07) is 12.5. The first-order chi connectivity index (χ1) is 14.6. The van der Waals surface area contributed by atoms with Crippen molar-refractivity contribution in [3.63, 3.8) is 0 Å². The van der Waals surface area contributed by atoms with Crippen LogP contribution in [-0.4, -0.2) is 27.0 Å². The standard InChI is InChI=1S/C29H47N3/c1-23(2)27(5,6)20-26(3,4)22-32(19-24-15-11-13-17-30-24)29(9,10)21-28(7,8)25-16-12-14-18-31-25/h11-18,23H,19-22H2,1-10H3. The molecule has 0 saturated heterocycles. The van der Waals surface area contributed by atoms with Crippen molar-refractivity contribution in [3.8, 4) is 0 Å². The summed E-state index contributed by atoms with van der Waals surface area (Å²) in [5.74, 6) is 0.655. The fourth-order valence-electron chi connectivity index (χ4n) is 5.23. The molecule has 2 aromatic heterocycles. The predicted octanol–water partition coefficient (Wildman–Crippen LogP) is 7.52. The van der Waals surface area contributed by atoms with Crippen LogP contribution < -0.4 is 0 Å². The van der Waals surface area contributed by atoms with Gasteiger partial charge in [-0.3, -0.25) is 14.9 Å². The molecule has 0 N–H and O–H groups in total. The average molecular weight is 438 g/mol. The highest BCUT2D eigenvalue weighted by molar-refractivity contribution is 5.16. The second-order valence-electron chi connectivity index (χ2n) is 12.7. The van der Waals surface area contributed by atoms with Crippen LogP contribution in [0, 0.1) is 16.7 Å². The highest BCUT2D eigenvalue weighted by atomic mass is 15.2. The monoisotopic (exact) mass is 437 g/mol. The number of hydrogen-bond donors (Lipinski definition) is 0. The summed E-state index contributed by atoms with van der Waals surface area (Å²) in [5.41, 5.74) is 2.75. The normalized spacial score (nSPS) is 13.8. The summed E-state index contributed by atoms with van der Waals surface area (Å²) < 4.78 is 0. The van der Waals surface area contributed by atoms with E-state index >= 15 is 0 Å². The van der Waals surface area contributed by atoms with Crippen LogP contribution in [0.3, 0.4) is 0 Å². The Morgan fingerprint density at radius 3 is 1.88 bits per heavy atom. The highest BCUT2D eigenvalue weighted by Crippen LogP contribution is 2.42. The maximum Gasteiger partial charge on any atom is 0.0544 e. The zero-order valence-corrected chi connectivity index (χ0v) is 22.4. The fourth-order valence-corrected chi connectivity index (χ4v) is 5.23. The van der Waals surface area contributed by atoms with Crippen molar-refractivity contribution in [2.24, 2.45) is 16.7 Å². The zero-order chi connectivity index (χ0) is 24.2. The lowest BCUT2D eigenvalue weighted by molar-refractivity contribution is 0.0211. The lowest BCUT2D eigenvalue weighted by Gasteiger charge is -2.48. The molecule has 0 aromatic carbocycles. The Labute approximate surface area is 198 Å². The van der Waals surface area contributed by atoms with E-state index in [1.54, 1.807) is 0 Å². The molecule has 0 aliphatic rings. The Morgan fingerprint density at radius 2 is 1.38 bits per heavy atom. The molecule has 0 amide bonds. The van der Waals surface area contributed by atoms with E-state index in [1.807, 2.05) is 24.5 Å². The first-order valence-corrected chi connectivity index (χ1v) is 12.2. The number of rotatable bonds is 11. The molecule has 0 saturated carbocycles. The van der Waals surface area contributed by atoms with Gasteiger partial charge in [0.1, 0.15) is 0 Å². The van der Waals surface area contributed by atoms with Crippen molar-refractivity contribution in [2.75, 3.05) is 6.54 Å². The van der Waals surface area contributed by atoms with E-state index < -0.39 is 0 Å². The quantitative estimate of drug-likeness (QED) is 0.364. The van der Waals surface area contributed by atoms with Crippen molar-refractivity contribution in [2.45, 2.75) is 99.6 Å². The molecule has 3 heteroatoms. The zero-order valence-electron chi connectivity index (χ0n) is 22.4. The van der Waals surface area contributed by atoms with Crippen LogP contribution in [0.15, 0.2) is 48.8 Å². The van der Waals surface area contributed by atoms with Gasteiger partial charge in [-0.25, -0.2) is 0 Å². The van der Waals surface area contributed by atoms with Crippen molar-refractivity contribution >= 4 is 0 Å². The Balaban J connectivity index is 2.32. The number of aromatic nitrogens is 2. The van der Waals surface area contributed by atoms with Gasteiger partial charge in [-0.2, -0.15) is 0 Å². The molecule has 0 atom stereocenters. The van der Waals surface area contributed by atoms with E-state index in [4.69, 9.17) is 0 Å². The molecule has 0 radical (unpaired) electrons. The Kier molecular flexibility index (Phi) is 8.31. The molecule has 0 fully saturated rings. The molecule has 2 heterocycles. The SMILES string of the molecule is CC(C)C(C)(C)CC(C)(C)CN(Cc1ccccn1)C(C)(C)CC(C)(C)c1ccccn1. The summed E-state index contributed by atoms with van der Waals surface area (Å²) in [4.78, 5) is 12.0. The van der Waals surface area contributed by atoms with Crippen LogP contribution >= 0.6 is 0 Å². The van der Waals surface area contributed by atoms with Gasteiger partial charge in [0.05, 0.1) is 5.69 Å². The van der Waals surface area contributed by atoms with Gasteiger partial charge < -0.3 is 0 Å². The minimum Gasteiger partial charge on any atom is -0.292 e. The van der Waals surface area contributed by atoms with Gasteiger partial charge in [0.2, 0.25) is 0 Å². The van der Waals surface area contributed by atoms with Crippen LogP contribution in [-0.2, 0) is 12.0 Å². The van der Waals surface area contributed by atoms with Crippen molar-refractivity contribution in [1.82, 2.24) is 14.9 Å². The van der Waals surface area contributed by atoms with Gasteiger partial charge >= 0.3 is 0 Å². The summed E-state index contributed by atoms with van der Waals surface area (Å²) in [5, 5.41) is 0. The van der Waals surface area contributed by atoms with Gasteiger partial charge in [-0.1, -0.05) is 67.5 Å². The van der Waals surface area contributed by atoms with Crippen LogP contribution in [0.4, 0.5) is 0 Å². The average Bonchev–Trinajstić information content (AvgIpc) is 2.67. The number of hydrogen-bond acceptors (Lipinski definition) is 3. The number of pyridine rings is 2. The van der Waals surface area contributed by atoms with Gasteiger partial charge in [0.15, 0.2) is 0 Å². The first kappa shape index (κ1) is 26.5. The predicted molar refractivity (Wildman–Crippen MR) is 138 cm³/mol. The van der Waals surface area contributed by atoms with Gasteiger partial charge in [0.25, 0.3) is 0 Å². The maximum atomic E-state index is 4.69. The molecule has 2 aromatic rings. The van der Waals surface area contributed by atoms with Gasteiger partial charge in [-0.15, -0.1) is 0 Å². The third-order valence-electron chi connectivity index (χ3n) is 7.28. The van der Waals surface area contributed by atoms with Crippen molar-refractivity contribution in [1.29, 1.82) is 0 Å². The Hall–Kier alpha value is -1.74. The Morgan fingerprint density at radius 1 is 0.781 bits per heavy atom. The third-order valence-corrected chi connectivity index (χ3v) is 7.28. The molecule has 32 heavy (non-hydrogen) atoms. The maximum absolute atomic E-state index is 4.69. The molecule has 0 spiro atoms. The van der Waals surface area contributed by atoms with E-state index in [0.717, 1.165) is 30.9 Å².